The maximum atomic E-state index is 12.4. The molecule has 0 aliphatic rings. The molecule has 0 saturated carbocycles. The summed E-state index contributed by atoms with van der Waals surface area (Å²) < 4.78 is 7.14. The molecular formula is C20H15ClN4O2. The number of anilines is 1. The van der Waals surface area contributed by atoms with Crippen LogP contribution in [0, 0.1) is 0 Å². The molecule has 27 heavy (non-hydrogen) atoms. The zero-order valence-electron chi connectivity index (χ0n) is 14.2. The molecule has 0 atom stereocenters. The summed E-state index contributed by atoms with van der Waals surface area (Å²) in [6, 6.07) is 20.2. The Morgan fingerprint density at radius 1 is 1.07 bits per heavy atom. The molecule has 0 unspecified atom stereocenters. The monoisotopic (exact) mass is 378 g/mol. The van der Waals surface area contributed by atoms with Crippen LogP contribution >= 0.6 is 11.6 Å². The van der Waals surface area contributed by atoms with Crippen LogP contribution in [-0.2, 0) is 11.3 Å². The third-order valence-corrected chi connectivity index (χ3v) is 4.16. The number of nitrogens with zero attached hydrogens (tertiary/aromatic N) is 3. The van der Waals surface area contributed by atoms with Gasteiger partial charge < -0.3 is 14.4 Å². The van der Waals surface area contributed by atoms with Crippen LogP contribution in [0.1, 0.15) is 0 Å². The van der Waals surface area contributed by atoms with Gasteiger partial charge in [0.1, 0.15) is 12.2 Å². The molecule has 0 radical (unpaired) electrons. The first-order valence-corrected chi connectivity index (χ1v) is 8.67. The molecule has 0 bridgehead atoms. The quantitative estimate of drug-likeness (QED) is 0.555. The van der Waals surface area contributed by atoms with Crippen LogP contribution in [0.5, 0.6) is 0 Å². The fraction of sp³-hybridized carbons (Fsp3) is 0.0500. The van der Waals surface area contributed by atoms with E-state index in [9.17, 15) is 4.79 Å². The minimum atomic E-state index is -0.183. The summed E-state index contributed by atoms with van der Waals surface area (Å²) in [5.41, 5.74) is 2.18. The van der Waals surface area contributed by atoms with Gasteiger partial charge in [0, 0.05) is 22.5 Å². The molecule has 0 aliphatic heterocycles. The summed E-state index contributed by atoms with van der Waals surface area (Å²) in [6.45, 7) is 0.109. The molecular weight excluding hydrogens is 364 g/mol. The average molecular weight is 379 g/mol. The van der Waals surface area contributed by atoms with Crippen molar-refractivity contribution in [2.24, 2.45) is 0 Å². The topological polar surface area (TPSA) is 73.0 Å². The van der Waals surface area contributed by atoms with Crippen molar-refractivity contribution in [1.82, 2.24) is 14.7 Å². The Morgan fingerprint density at radius 2 is 1.93 bits per heavy atom. The van der Waals surface area contributed by atoms with Gasteiger partial charge in [0.15, 0.2) is 0 Å². The SMILES string of the molecule is O=C(Cn1cccc1-c1nc(-c2ccccc2)no1)Nc1cccc(Cl)c1. The number of rotatable bonds is 5. The Morgan fingerprint density at radius 3 is 2.74 bits per heavy atom. The van der Waals surface area contributed by atoms with Crippen molar-refractivity contribution in [2.45, 2.75) is 6.54 Å². The van der Waals surface area contributed by atoms with E-state index in [-0.39, 0.29) is 12.5 Å². The fourth-order valence-corrected chi connectivity index (χ4v) is 2.89. The van der Waals surface area contributed by atoms with Crippen molar-refractivity contribution in [1.29, 1.82) is 0 Å². The van der Waals surface area contributed by atoms with E-state index in [0.717, 1.165) is 5.56 Å². The van der Waals surface area contributed by atoms with Gasteiger partial charge in [0.2, 0.25) is 11.7 Å². The van der Waals surface area contributed by atoms with Gasteiger partial charge >= 0.3 is 0 Å². The average Bonchev–Trinajstić information content (AvgIpc) is 3.31. The number of aromatic nitrogens is 3. The van der Waals surface area contributed by atoms with Gasteiger partial charge in [-0.3, -0.25) is 4.79 Å². The number of benzene rings is 2. The first-order chi connectivity index (χ1) is 13.2. The molecule has 4 aromatic rings. The molecule has 0 aliphatic carbocycles. The highest BCUT2D eigenvalue weighted by Crippen LogP contribution is 2.23. The maximum Gasteiger partial charge on any atom is 0.274 e. The van der Waals surface area contributed by atoms with Crippen LogP contribution in [0.15, 0.2) is 77.4 Å². The Bertz CT molecular complexity index is 1070. The van der Waals surface area contributed by atoms with Gasteiger partial charge in [-0.2, -0.15) is 4.98 Å². The summed E-state index contributed by atoms with van der Waals surface area (Å²) in [6.07, 6.45) is 1.79. The Balaban J connectivity index is 1.51. The molecule has 6 nitrogen and oxygen atoms in total. The molecule has 4 rings (SSSR count). The van der Waals surface area contributed by atoms with Crippen LogP contribution in [-0.4, -0.2) is 20.6 Å². The highest BCUT2D eigenvalue weighted by atomic mass is 35.5. The lowest BCUT2D eigenvalue weighted by atomic mass is 10.2. The molecule has 7 heteroatoms. The maximum absolute atomic E-state index is 12.4. The minimum Gasteiger partial charge on any atom is -0.334 e. The van der Waals surface area contributed by atoms with Crippen molar-refractivity contribution in [3.8, 4) is 23.0 Å². The van der Waals surface area contributed by atoms with Gasteiger partial charge in [-0.25, -0.2) is 0 Å². The summed E-state index contributed by atoms with van der Waals surface area (Å²) >= 11 is 5.95. The predicted molar refractivity (Wildman–Crippen MR) is 103 cm³/mol. The Kier molecular flexibility index (Phi) is 4.72. The number of hydrogen-bond donors (Lipinski definition) is 1. The lowest BCUT2D eigenvalue weighted by Crippen LogP contribution is -2.18. The van der Waals surface area contributed by atoms with Crippen LogP contribution < -0.4 is 5.32 Å². The van der Waals surface area contributed by atoms with Crippen molar-refractivity contribution in [3.05, 3.63) is 77.9 Å². The summed E-state index contributed by atoms with van der Waals surface area (Å²) in [7, 11) is 0. The van der Waals surface area contributed by atoms with Crippen LogP contribution in [0.25, 0.3) is 23.0 Å². The van der Waals surface area contributed by atoms with Crippen LogP contribution in [0.2, 0.25) is 5.02 Å². The standard InChI is InChI=1S/C20H15ClN4O2/c21-15-8-4-9-16(12-15)22-18(26)13-25-11-5-10-17(25)20-23-19(24-27-20)14-6-2-1-3-7-14/h1-12H,13H2,(H,22,26). The molecule has 2 aromatic carbocycles. The predicted octanol–water partition coefficient (Wildman–Crippen LogP) is 4.50. The first-order valence-electron chi connectivity index (χ1n) is 8.29. The summed E-state index contributed by atoms with van der Waals surface area (Å²) in [4.78, 5) is 16.8. The van der Waals surface area contributed by atoms with E-state index >= 15 is 0 Å². The van der Waals surface area contributed by atoms with E-state index in [1.165, 1.54) is 0 Å². The van der Waals surface area contributed by atoms with Crippen molar-refractivity contribution in [2.75, 3.05) is 5.32 Å². The van der Waals surface area contributed by atoms with E-state index in [4.69, 9.17) is 16.1 Å². The number of halogens is 1. The van der Waals surface area contributed by atoms with Crippen LogP contribution in [0.3, 0.4) is 0 Å². The first kappa shape index (κ1) is 17.1. The van der Waals surface area contributed by atoms with E-state index in [2.05, 4.69) is 15.5 Å². The largest absolute Gasteiger partial charge is 0.334 e. The highest BCUT2D eigenvalue weighted by molar-refractivity contribution is 6.30. The normalized spacial score (nSPS) is 10.7. The lowest BCUT2D eigenvalue weighted by molar-refractivity contribution is -0.116. The van der Waals surface area contributed by atoms with Crippen molar-refractivity contribution in [3.63, 3.8) is 0 Å². The van der Waals surface area contributed by atoms with Crippen molar-refractivity contribution < 1.29 is 9.32 Å². The fourth-order valence-electron chi connectivity index (χ4n) is 2.70. The van der Waals surface area contributed by atoms with Gasteiger partial charge in [-0.15, -0.1) is 0 Å². The third-order valence-electron chi connectivity index (χ3n) is 3.93. The zero-order valence-corrected chi connectivity index (χ0v) is 14.9. The molecule has 2 aromatic heterocycles. The molecule has 0 saturated heterocycles. The third kappa shape index (κ3) is 3.91. The molecule has 134 valence electrons. The smallest absolute Gasteiger partial charge is 0.274 e. The number of hydrogen-bond acceptors (Lipinski definition) is 4. The van der Waals surface area contributed by atoms with Gasteiger partial charge in [0.05, 0.1) is 0 Å². The van der Waals surface area contributed by atoms with Gasteiger partial charge in [-0.05, 0) is 30.3 Å². The summed E-state index contributed by atoms with van der Waals surface area (Å²) in [5, 5.41) is 7.41. The number of carbonyl (C=O) groups excluding carboxylic acids is 1. The van der Waals surface area contributed by atoms with E-state index < -0.39 is 0 Å². The summed E-state index contributed by atoms with van der Waals surface area (Å²) in [5.74, 6) is 0.675. The molecule has 2 heterocycles. The second-order valence-electron chi connectivity index (χ2n) is 5.87. The zero-order chi connectivity index (χ0) is 18.6. The minimum absolute atomic E-state index is 0.109. The van der Waals surface area contributed by atoms with E-state index in [1.54, 1.807) is 35.0 Å². The van der Waals surface area contributed by atoms with E-state index in [0.29, 0.717) is 28.1 Å². The number of amides is 1. The van der Waals surface area contributed by atoms with Crippen LogP contribution in [0.4, 0.5) is 5.69 Å². The second kappa shape index (κ2) is 7.47. The molecule has 0 fully saturated rings. The van der Waals surface area contributed by atoms with E-state index in [1.807, 2.05) is 42.5 Å². The molecule has 1 N–H and O–H groups in total. The Labute approximate surface area is 160 Å². The highest BCUT2D eigenvalue weighted by Gasteiger charge is 2.15. The molecule has 1 amide bonds. The number of nitrogens with one attached hydrogen (secondary N) is 1. The molecule has 0 spiro atoms. The van der Waals surface area contributed by atoms with Crippen molar-refractivity contribution >= 4 is 23.2 Å². The van der Waals surface area contributed by atoms with Gasteiger partial charge in [0.25, 0.3) is 5.89 Å². The second-order valence-corrected chi connectivity index (χ2v) is 6.31. The van der Waals surface area contributed by atoms with Gasteiger partial charge in [-0.1, -0.05) is 53.2 Å². The lowest BCUT2D eigenvalue weighted by Gasteiger charge is -2.08. The Hall–Kier alpha value is -3.38. The number of carbonyl (C=O) groups is 1.